The van der Waals surface area contributed by atoms with Gasteiger partial charge < -0.3 is 4.74 Å². The van der Waals surface area contributed by atoms with E-state index < -0.39 is 24.2 Å². The minimum Gasteiger partial charge on any atom is -0.449 e. The molecule has 0 saturated carbocycles. The average molecular weight is 613 g/mol. The second-order valence-electron chi connectivity index (χ2n) is 10.9. The van der Waals surface area contributed by atoms with Gasteiger partial charge in [-0.2, -0.15) is 18.1 Å². The highest BCUT2D eigenvalue weighted by molar-refractivity contribution is 5.95. The summed E-state index contributed by atoms with van der Waals surface area (Å²) in [5, 5.41) is 0. The molecule has 0 aliphatic heterocycles. The Hall–Kier alpha value is -3.65. The minimum absolute atomic E-state index is 0.0106. The van der Waals surface area contributed by atoms with Crippen molar-refractivity contribution in [2.45, 2.75) is 96.8 Å². The summed E-state index contributed by atoms with van der Waals surface area (Å²) >= 11 is 0. The van der Waals surface area contributed by atoms with Crippen LogP contribution in [0.2, 0.25) is 0 Å². The van der Waals surface area contributed by atoms with Crippen molar-refractivity contribution in [2.24, 2.45) is 0 Å². The normalized spacial score (nSPS) is 12.1. The lowest BCUT2D eigenvalue weighted by Crippen LogP contribution is -2.33. The van der Waals surface area contributed by atoms with Gasteiger partial charge in [-0.1, -0.05) is 114 Å². The van der Waals surface area contributed by atoms with Crippen LogP contribution in [0.5, 0.6) is 0 Å². The molecule has 0 N–H and O–H groups in total. The number of esters is 1. The van der Waals surface area contributed by atoms with Crippen LogP contribution >= 0.6 is 0 Å². The van der Waals surface area contributed by atoms with Crippen LogP contribution in [0.1, 0.15) is 105 Å². The molecule has 0 spiro atoms. The minimum atomic E-state index is -4.64. The van der Waals surface area contributed by atoms with E-state index in [0.29, 0.717) is 30.6 Å². The number of unbranched alkanes of at least 4 members (excludes halogenated alkanes) is 8. The number of alkyl halides is 3. The third-order valence-electron chi connectivity index (χ3n) is 7.42. The molecule has 0 aromatic heterocycles. The first-order valence-electron chi connectivity index (χ1n) is 15.7. The number of benzene rings is 3. The Morgan fingerprint density at radius 2 is 1.25 bits per heavy atom. The second-order valence-corrected chi connectivity index (χ2v) is 10.9. The zero-order valence-electron chi connectivity index (χ0n) is 25.7. The van der Waals surface area contributed by atoms with Crippen LogP contribution in [0.25, 0.3) is 22.3 Å². The summed E-state index contributed by atoms with van der Waals surface area (Å²) in [5.74, 6) is -1.66. The van der Waals surface area contributed by atoms with Crippen molar-refractivity contribution in [1.82, 2.24) is 0 Å². The molecule has 3 aromatic rings. The number of ether oxygens (including phenoxy) is 1. The first-order valence-corrected chi connectivity index (χ1v) is 15.7. The number of halogens is 3. The Bertz CT molecular complexity index is 1290. The van der Waals surface area contributed by atoms with Crippen LogP contribution in [0, 0.1) is 0 Å². The van der Waals surface area contributed by atoms with Gasteiger partial charge in [-0.15, -0.1) is 0 Å². The standard InChI is InChI=1S/C36H43F3O5/c1-3-5-7-9-10-15-25-42-44-35(41)30-23-24-31(27-16-12-11-13-17-27)32(26-30)28-19-21-29(22-20-28)34(40)43-33(36(37,38)39)18-14-8-6-4-2/h11-13,16-17,19-24,26,33H,3-10,14-15,18,25H2,1-2H3. The highest BCUT2D eigenvalue weighted by Gasteiger charge is 2.42. The predicted molar refractivity (Wildman–Crippen MR) is 166 cm³/mol. The lowest BCUT2D eigenvalue weighted by Gasteiger charge is -2.21. The van der Waals surface area contributed by atoms with Gasteiger partial charge in [0.15, 0.2) is 6.10 Å². The monoisotopic (exact) mass is 612 g/mol. The summed E-state index contributed by atoms with van der Waals surface area (Å²) in [5.41, 5.74) is 3.37. The van der Waals surface area contributed by atoms with E-state index >= 15 is 0 Å². The van der Waals surface area contributed by atoms with Crippen molar-refractivity contribution in [3.05, 3.63) is 83.9 Å². The molecule has 0 bridgehead atoms. The topological polar surface area (TPSA) is 61.8 Å². The van der Waals surface area contributed by atoms with E-state index in [0.717, 1.165) is 43.2 Å². The van der Waals surface area contributed by atoms with Gasteiger partial charge >= 0.3 is 18.1 Å². The molecule has 44 heavy (non-hydrogen) atoms. The summed E-state index contributed by atoms with van der Waals surface area (Å²) in [7, 11) is 0. The molecule has 5 nitrogen and oxygen atoms in total. The van der Waals surface area contributed by atoms with Crippen LogP contribution in [-0.4, -0.2) is 30.8 Å². The number of carbonyl (C=O) groups excluding carboxylic acids is 2. The smallest absolute Gasteiger partial charge is 0.425 e. The van der Waals surface area contributed by atoms with Crippen LogP contribution in [0.3, 0.4) is 0 Å². The summed E-state index contributed by atoms with van der Waals surface area (Å²) in [4.78, 5) is 35.7. The van der Waals surface area contributed by atoms with E-state index in [-0.39, 0.29) is 17.5 Å². The van der Waals surface area contributed by atoms with Gasteiger partial charge in [-0.05, 0) is 65.8 Å². The summed E-state index contributed by atoms with van der Waals surface area (Å²) in [6.45, 7) is 4.46. The van der Waals surface area contributed by atoms with Gasteiger partial charge in [-0.25, -0.2) is 9.59 Å². The molecule has 1 unspecified atom stereocenters. The summed E-state index contributed by atoms with van der Waals surface area (Å²) in [6.07, 6.45) is 2.14. The fraction of sp³-hybridized carbons (Fsp3) is 0.444. The summed E-state index contributed by atoms with van der Waals surface area (Å²) < 4.78 is 45.6. The molecule has 8 heteroatoms. The first-order chi connectivity index (χ1) is 21.2. The lowest BCUT2D eigenvalue weighted by atomic mass is 9.92. The third-order valence-corrected chi connectivity index (χ3v) is 7.42. The van der Waals surface area contributed by atoms with Gasteiger partial charge in [0.25, 0.3) is 0 Å². The van der Waals surface area contributed by atoms with Gasteiger partial charge in [0, 0.05) is 0 Å². The van der Waals surface area contributed by atoms with Gasteiger partial charge in [-0.3, -0.25) is 4.89 Å². The Kier molecular flexibility index (Phi) is 14.4. The molecular weight excluding hydrogens is 569 g/mol. The molecule has 0 aliphatic rings. The van der Waals surface area contributed by atoms with Crippen molar-refractivity contribution in [2.75, 3.05) is 6.61 Å². The van der Waals surface area contributed by atoms with Gasteiger partial charge in [0.2, 0.25) is 0 Å². The molecule has 238 valence electrons. The Balaban J connectivity index is 1.74. The van der Waals surface area contributed by atoms with Gasteiger partial charge in [0.05, 0.1) is 17.7 Å². The fourth-order valence-corrected chi connectivity index (χ4v) is 4.89. The van der Waals surface area contributed by atoms with E-state index in [2.05, 4.69) is 6.92 Å². The predicted octanol–water partition coefficient (Wildman–Crippen LogP) is 10.5. The molecule has 0 radical (unpaired) electrons. The molecule has 3 rings (SSSR count). The number of carbonyl (C=O) groups is 2. The molecule has 0 saturated heterocycles. The van der Waals surface area contributed by atoms with E-state index in [1.165, 1.54) is 31.4 Å². The van der Waals surface area contributed by atoms with Gasteiger partial charge in [0.1, 0.15) is 0 Å². The summed E-state index contributed by atoms with van der Waals surface area (Å²) in [6, 6.07) is 20.8. The van der Waals surface area contributed by atoms with Crippen molar-refractivity contribution >= 4 is 11.9 Å². The molecule has 0 aliphatic carbocycles. The maximum absolute atomic E-state index is 13.5. The quantitative estimate of drug-likeness (QED) is 0.0619. The molecule has 1 atom stereocenters. The number of hydrogen-bond acceptors (Lipinski definition) is 5. The molecule has 0 heterocycles. The van der Waals surface area contributed by atoms with Crippen molar-refractivity contribution in [3.63, 3.8) is 0 Å². The van der Waals surface area contributed by atoms with Crippen LogP contribution in [-0.2, 0) is 14.5 Å². The highest BCUT2D eigenvalue weighted by Crippen LogP contribution is 2.34. The molecule has 0 amide bonds. The zero-order chi connectivity index (χ0) is 31.8. The fourth-order valence-electron chi connectivity index (χ4n) is 4.89. The molecule has 3 aromatic carbocycles. The maximum Gasteiger partial charge on any atom is 0.425 e. The van der Waals surface area contributed by atoms with Crippen LogP contribution < -0.4 is 0 Å². The maximum atomic E-state index is 13.5. The second kappa shape index (κ2) is 18.2. The zero-order valence-corrected chi connectivity index (χ0v) is 25.7. The van der Waals surface area contributed by atoms with Crippen molar-refractivity contribution in [3.8, 4) is 22.3 Å². The largest absolute Gasteiger partial charge is 0.449 e. The number of rotatable bonds is 18. The van der Waals surface area contributed by atoms with E-state index in [1.54, 1.807) is 24.3 Å². The third kappa shape index (κ3) is 11.1. The van der Waals surface area contributed by atoms with Crippen molar-refractivity contribution in [1.29, 1.82) is 0 Å². The number of hydrogen-bond donors (Lipinski definition) is 0. The van der Waals surface area contributed by atoms with Crippen molar-refractivity contribution < 1.29 is 37.3 Å². The molecular formula is C36H43F3O5. The van der Waals surface area contributed by atoms with E-state index in [9.17, 15) is 22.8 Å². The molecule has 0 fully saturated rings. The first kappa shape index (κ1) is 34.8. The Labute approximate surface area is 258 Å². The highest BCUT2D eigenvalue weighted by atomic mass is 19.4. The van der Waals surface area contributed by atoms with E-state index in [1.807, 2.05) is 43.3 Å². The van der Waals surface area contributed by atoms with E-state index in [4.69, 9.17) is 14.5 Å². The Morgan fingerprint density at radius 1 is 0.659 bits per heavy atom. The van der Waals surface area contributed by atoms with Crippen LogP contribution in [0.4, 0.5) is 13.2 Å². The Morgan fingerprint density at radius 3 is 1.91 bits per heavy atom. The van der Waals surface area contributed by atoms with Crippen LogP contribution in [0.15, 0.2) is 72.8 Å². The lowest BCUT2D eigenvalue weighted by molar-refractivity contribution is -0.241. The SMILES string of the molecule is CCCCCCCCOOC(=O)c1ccc(-c2ccccc2)c(-c2ccc(C(=O)OC(CCCCCC)C(F)(F)F)cc2)c1. The average Bonchev–Trinajstić information content (AvgIpc) is 3.03.